The van der Waals surface area contributed by atoms with Crippen LogP contribution in [0.4, 0.5) is 5.69 Å². The number of nitriles is 1. The van der Waals surface area contributed by atoms with Crippen molar-refractivity contribution in [1.82, 2.24) is 0 Å². The highest BCUT2D eigenvalue weighted by molar-refractivity contribution is 5.59. The summed E-state index contributed by atoms with van der Waals surface area (Å²) in [7, 11) is 0. The van der Waals surface area contributed by atoms with Crippen LogP contribution in [-0.2, 0) is 0 Å². The summed E-state index contributed by atoms with van der Waals surface area (Å²) in [5, 5.41) is 12.5. The van der Waals surface area contributed by atoms with E-state index in [1.165, 1.54) is 5.56 Å². The van der Waals surface area contributed by atoms with Crippen LogP contribution in [0.15, 0.2) is 48.5 Å². The van der Waals surface area contributed by atoms with Gasteiger partial charge < -0.3 is 5.32 Å². The lowest BCUT2D eigenvalue weighted by Gasteiger charge is -2.15. The highest BCUT2D eigenvalue weighted by Crippen LogP contribution is 2.20. The molecule has 0 heterocycles. The second-order valence-electron chi connectivity index (χ2n) is 4.85. The van der Waals surface area contributed by atoms with Gasteiger partial charge >= 0.3 is 0 Å². The van der Waals surface area contributed by atoms with Crippen molar-refractivity contribution >= 4 is 5.69 Å². The molecule has 0 saturated carbocycles. The molecule has 2 aromatic carbocycles. The Hall–Kier alpha value is -2.27. The van der Waals surface area contributed by atoms with Gasteiger partial charge in [-0.1, -0.05) is 43.3 Å². The van der Waals surface area contributed by atoms with E-state index in [0.29, 0.717) is 11.5 Å². The maximum absolute atomic E-state index is 9.10. The first kappa shape index (κ1) is 13.2. The molecular formula is C17H18N2. The Labute approximate surface area is 114 Å². The molecule has 0 saturated heterocycles. The molecule has 2 nitrogen and oxygen atoms in total. The van der Waals surface area contributed by atoms with Crippen LogP contribution in [0, 0.1) is 18.3 Å². The molecule has 0 radical (unpaired) electrons. The van der Waals surface area contributed by atoms with Gasteiger partial charge in [-0.3, -0.25) is 0 Å². The van der Waals surface area contributed by atoms with Crippen molar-refractivity contribution in [2.45, 2.75) is 19.8 Å². The van der Waals surface area contributed by atoms with Crippen molar-refractivity contribution in [2.24, 2.45) is 0 Å². The van der Waals surface area contributed by atoms with E-state index >= 15 is 0 Å². The van der Waals surface area contributed by atoms with Gasteiger partial charge in [-0.2, -0.15) is 5.26 Å². The first-order valence-corrected chi connectivity index (χ1v) is 6.50. The molecule has 0 fully saturated rings. The van der Waals surface area contributed by atoms with Crippen LogP contribution >= 0.6 is 0 Å². The molecule has 2 heteroatoms. The molecule has 0 aromatic heterocycles. The molecule has 2 rings (SSSR count). The third-order valence-corrected chi connectivity index (χ3v) is 3.26. The van der Waals surface area contributed by atoms with Gasteiger partial charge in [-0.05, 0) is 36.1 Å². The van der Waals surface area contributed by atoms with Gasteiger partial charge in [0, 0.05) is 6.54 Å². The quantitative estimate of drug-likeness (QED) is 0.887. The molecule has 0 aliphatic carbocycles. The zero-order valence-electron chi connectivity index (χ0n) is 11.4. The van der Waals surface area contributed by atoms with Crippen LogP contribution in [0.25, 0.3) is 0 Å². The smallest absolute Gasteiger partial charge is 0.101 e. The second kappa shape index (κ2) is 6.06. The Bertz CT molecular complexity index is 582. The number of benzene rings is 2. The Balaban J connectivity index is 2.07. The molecule has 0 amide bonds. The predicted molar refractivity (Wildman–Crippen MR) is 79.2 cm³/mol. The van der Waals surface area contributed by atoms with Crippen LogP contribution in [0.3, 0.4) is 0 Å². The van der Waals surface area contributed by atoms with Crippen LogP contribution < -0.4 is 5.32 Å². The highest BCUT2D eigenvalue weighted by atomic mass is 14.9. The van der Waals surface area contributed by atoms with Gasteiger partial charge in [-0.15, -0.1) is 0 Å². The average molecular weight is 250 g/mol. The van der Waals surface area contributed by atoms with Gasteiger partial charge in [0.1, 0.15) is 6.07 Å². The van der Waals surface area contributed by atoms with Crippen molar-refractivity contribution in [1.29, 1.82) is 5.26 Å². The number of rotatable bonds is 4. The summed E-state index contributed by atoms with van der Waals surface area (Å²) in [6.45, 7) is 5.04. The van der Waals surface area contributed by atoms with E-state index in [9.17, 15) is 0 Å². The van der Waals surface area contributed by atoms with Crippen LogP contribution in [0.1, 0.15) is 29.5 Å². The topological polar surface area (TPSA) is 35.8 Å². The van der Waals surface area contributed by atoms with Gasteiger partial charge in [0.05, 0.1) is 11.3 Å². The van der Waals surface area contributed by atoms with Crippen molar-refractivity contribution in [3.63, 3.8) is 0 Å². The zero-order valence-corrected chi connectivity index (χ0v) is 11.4. The van der Waals surface area contributed by atoms with Crippen molar-refractivity contribution in [3.05, 3.63) is 65.2 Å². The van der Waals surface area contributed by atoms with E-state index in [2.05, 4.69) is 42.6 Å². The van der Waals surface area contributed by atoms with E-state index in [0.717, 1.165) is 17.8 Å². The number of hydrogen-bond donors (Lipinski definition) is 1. The summed E-state index contributed by atoms with van der Waals surface area (Å²) >= 11 is 0. The number of aryl methyl sites for hydroxylation is 1. The number of nitrogens with zero attached hydrogens (tertiary/aromatic N) is 1. The van der Waals surface area contributed by atoms with Crippen molar-refractivity contribution < 1.29 is 0 Å². The molecule has 96 valence electrons. The maximum Gasteiger partial charge on any atom is 0.101 e. The minimum atomic E-state index is 0.410. The maximum atomic E-state index is 9.10. The standard InChI is InChI=1S/C17H18N2/c1-13-8-9-16(11-18)17(10-13)19-12-14(2)15-6-4-3-5-7-15/h3-10,14,19H,12H2,1-2H3. The van der Waals surface area contributed by atoms with E-state index in [1.807, 2.05) is 31.2 Å². The fourth-order valence-corrected chi connectivity index (χ4v) is 2.06. The van der Waals surface area contributed by atoms with E-state index in [-0.39, 0.29) is 0 Å². The summed E-state index contributed by atoms with van der Waals surface area (Å²) in [4.78, 5) is 0. The van der Waals surface area contributed by atoms with Gasteiger partial charge in [0.2, 0.25) is 0 Å². The van der Waals surface area contributed by atoms with Crippen molar-refractivity contribution in [3.8, 4) is 6.07 Å². The minimum Gasteiger partial charge on any atom is -0.383 e. The second-order valence-corrected chi connectivity index (χ2v) is 4.85. The van der Waals surface area contributed by atoms with Crippen LogP contribution in [-0.4, -0.2) is 6.54 Å². The number of hydrogen-bond acceptors (Lipinski definition) is 2. The average Bonchev–Trinajstić information content (AvgIpc) is 2.46. The first-order chi connectivity index (χ1) is 9.20. The van der Waals surface area contributed by atoms with E-state index < -0.39 is 0 Å². The normalized spacial score (nSPS) is 11.6. The Morgan fingerprint density at radius 1 is 1.16 bits per heavy atom. The highest BCUT2D eigenvalue weighted by Gasteiger charge is 2.07. The van der Waals surface area contributed by atoms with E-state index in [4.69, 9.17) is 5.26 Å². The Morgan fingerprint density at radius 2 is 1.89 bits per heavy atom. The molecule has 0 aliphatic rings. The molecule has 0 spiro atoms. The predicted octanol–water partition coefficient (Wildman–Crippen LogP) is 4.08. The van der Waals surface area contributed by atoms with Crippen molar-refractivity contribution in [2.75, 3.05) is 11.9 Å². The van der Waals surface area contributed by atoms with Crippen LogP contribution in [0.2, 0.25) is 0 Å². The first-order valence-electron chi connectivity index (χ1n) is 6.50. The largest absolute Gasteiger partial charge is 0.383 e. The Morgan fingerprint density at radius 3 is 2.58 bits per heavy atom. The summed E-state index contributed by atoms with van der Waals surface area (Å²) < 4.78 is 0. The molecule has 1 unspecified atom stereocenters. The molecule has 1 N–H and O–H groups in total. The summed E-state index contributed by atoms with van der Waals surface area (Å²) in [6.07, 6.45) is 0. The fourth-order valence-electron chi connectivity index (χ4n) is 2.06. The third kappa shape index (κ3) is 3.35. The summed E-state index contributed by atoms with van der Waals surface area (Å²) in [6, 6.07) is 18.5. The lowest BCUT2D eigenvalue weighted by molar-refractivity contribution is 0.804. The molecular weight excluding hydrogens is 232 g/mol. The molecule has 0 aliphatic heterocycles. The molecule has 1 atom stereocenters. The van der Waals surface area contributed by atoms with E-state index in [1.54, 1.807) is 0 Å². The lowest BCUT2D eigenvalue weighted by Crippen LogP contribution is -2.10. The fraction of sp³-hybridized carbons (Fsp3) is 0.235. The molecule has 19 heavy (non-hydrogen) atoms. The summed E-state index contributed by atoms with van der Waals surface area (Å²) in [5.41, 5.74) is 4.09. The number of nitrogens with one attached hydrogen (secondary N) is 1. The number of anilines is 1. The monoisotopic (exact) mass is 250 g/mol. The lowest BCUT2D eigenvalue weighted by atomic mass is 10.0. The van der Waals surface area contributed by atoms with Gasteiger partial charge in [0.25, 0.3) is 0 Å². The third-order valence-electron chi connectivity index (χ3n) is 3.26. The zero-order chi connectivity index (χ0) is 13.7. The SMILES string of the molecule is Cc1ccc(C#N)c(NCC(C)c2ccccc2)c1. The molecule has 0 bridgehead atoms. The van der Waals surface area contributed by atoms with Gasteiger partial charge in [0.15, 0.2) is 0 Å². The van der Waals surface area contributed by atoms with Gasteiger partial charge in [-0.25, -0.2) is 0 Å². The molecule has 2 aromatic rings. The minimum absolute atomic E-state index is 0.410. The Kier molecular flexibility index (Phi) is 4.20. The van der Waals surface area contributed by atoms with Crippen LogP contribution in [0.5, 0.6) is 0 Å². The summed E-state index contributed by atoms with van der Waals surface area (Å²) in [5.74, 6) is 0.410.